The van der Waals surface area contributed by atoms with Crippen LogP contribution in [0.25, 0.3) is 0 Å². The van der Waals surface area contributed by atoms with E-state index in [0.29, 0.717) is 41.4 Å². The molecule has 0 unspecified atom stereocenters. The number of aliphatic carboxylic acids is 1. The van der Waals surface area contributed by atoms with Gasteiger partial charge in [-0.25, -0.2) is 9.59 Å². The van der Waals surface area contributed by atoms with Crippen LogP contribution in [0.4, 0.5) is 10.5 Å². The first-order valence-corrected chi connectivity index (χ1v) is 8.38. The topological polar surface area (TPSA) is 105 Å². The van der Waals surface area contributed by atoms with E-state index in [1.807, 2.05) is 0 Å². The Bertz CT molecular complexity index is 641. The first-order valence-electron chi connectivity index (χ1n) is 7.59. The summed E-state index contributed by atoms with van der Waals surface area (Å²) in [5, 5.41) is 14.5. The average molecular weight is 399 g/mol. The van der Waals surface area contributed by atoms with Crippen LogP contribution in [0.3, 0.4) is 0 Å². The highest BCUT2D eigenvalue weighted by Gasteiger charge is 2.26. The van der Waals surface area contributed by atoms with E-state index in [0.717, 1.165) is 0 Å². The van der Waals surface area contributed by atoms with E-state index >= 15 is 0 Å². The third kappa shape index (κ3) is 4.70. The first-order chi connectivity index (χ1) is 11.4. The Kier molecular flexibility index (Phi) is 6.19. The summed E-state index contributed by atoms with van der Waals surface area (Å²) in [5.74, 6) is -1.60. The Morgan fingerprint density at radius 3 is 2.46 bits per heavy atom. The molecule has 7 nitrogen and oxygen atoms in total. The maximum absolute atomic E-state index is 12.1. The third-order valence-electron chi connectivity index (χ3n) is 4.04. The van der Waals surface area contributed by atoms with E-state index in [1.165, 1.54) is 13.2 Å². The summed E-state index contributed by atoms with van der Waals surface area (Å²) in [7, 11) is 1.29. The fraction of sp³-hybridized carbons (Fsp3) is 0.438. The second kappa shape index (κ2) is 8.14. The number of ether oxygens (including phenoxy) is 1. The van der Waals surface area contributed by atoms with Gasteiger partial charge in [0.15, 0.2) is 0 Å². The van der Waals surface area contributed by atoms with Gasteiger partial charge in [-0.05, 0) is 59.8 Å². The zero-order valence-electron chi connectivity index (χ0n) is 13.2. The first kappa shape index (κ1) is 18.3. The maximum Gasteiger partial charge on any atom is 0.339 e. The normalized spacial score (nSPS) is 20.1. The minimum Gasteiger partial charge on any atom is -0.481 e. The van der Waals surface area contributed by atoms with Crippen LogP contribution < -0.4 is 10.6 Å². The number of nitrogens with one attached hydrogen (secondary N) is 2. The molecule has 0 bridgehead atoms. The lowest BCUT2D eigenvalue weighted by Crippen LogP contribution is -2.41. The van der Waals surface area contributed by atoms with Gasteiger partial charge in [0.1, 0.15) is 0 Å². The zero-order chi connectivity index (χ0) is 17.7. The molecule has 1 aromatic rings. The summed E-state index contributed by atoms with van der Waals surface area (Å²) in [6.07, 6.45) is 2.40. The van der Waals surface area contributed by atoms with Crippen molar-refractivity contribution in [2.24, 2.45) is 5.92 Å². The van der Waals surface area contributed by atoms with E-state index in [4.69, 9.17) is 5.11 Å². The number of halogens is 1. The summed E-state index contributed by atoms with van der Waals surface area (Å²) in [6.45, 7) is 0. The molecule has 1 aliphatic rings. The minimum atomic E-state index is -0.775. The van der Waals surface area contributed by atoms with Crippen molar-refractivity contribution >= 4 is 39.6 Å². The Hall–Kier alpha value is -2.09. The van der Waals surface area contributed by atoms with Gasteiger partial charge in [-0.1, -0.05) is 0 Å². The predicted octanol–water partition coefficient (Wildman–Crippen LogP) is 3.00. The molecule has 0 aliphatic heterocycles. The molecular formula is C16H19BrN2O5. The van der Waals surface area contributed by atoms with Gasteiger partial charge in [-0.2, -0.15) is 0 Å². The Morgan fingerprint density at radius 1 is 1.21 bits per heavy atom. The summed E-state index contributed by atoms with van der Waals surface area (Å²) in [6, 6.07) is 4.41. The van der Waals surface area contributed by atoms with Crippen LogP contribution in [-0.2, 0) is 9.53 Å². The molecule has 0 spiro atoms. The van der Waals surface area contributed by atoms with Gasteiger partial charge in [0, 0.05) is 16.2 Å². The van der Waals surface area contributed by atoms with Crippen molar-refractivity contribution in [1.82, 2.24) is 5.32 Å². The van der Waals surface area contributed by atoms with Crippen LogP contribution in [-0.4, -0.2) is 36.2 Å². The molecule has 0 atom stereocenters. The van der Waals surface area contributed by atoms with Crippen LogP contribution in [0, 0.1) is 5.92 Å². The lowest BCUT2D eigenvalue weighted by Gasteiger charge is -2.26. The van der Waals surface area contributed by atoms with Crippen LogP contribution >= 0.6 is 15.9 Å². The van der Waals surface area contributed by atoms with Crippen LogP contribution in [0.1, 0.15) is 36.0 Å². The SMILES string of the molecule is COC(=O)c1cc(NC(=O)NC2CCC(C(=O)O)CC2)ccc1Br. The smallest absolute Gasteiger partial charge is 0.339 e. The number of amides is 2. The lowest BCUT2D eigenvalue weighted by atomic mass is 9.86. The number of benzene rings is 1. The largest absolute Gasteiger partial charge is 0.481 e. The summed E-state index contributed by atoms with van der Waals surface area (Å²) in [4.78, 5) is 34.6. The molecule has 1 aromatic carbocycles. The molecular weight excluding hydrogens is 380 g/mol. The van der Waals surface area contributed by atoms with Gasteiger partial charge in [0.05, 0.1) is 18.6 Å². The van der Waals surface area contributed by atoms with Gasteiger partial charge < -0.3 is 20.5 Å². The van der Waals surface area contributed by atoms with Gasteiger partial charge >= 0.3 is 18.0 Å². The number of rotatable bonds is 4. The minimum absolute atomic E-state index is 0.0453. The number of esters is 1. The number of hydrogen-bond donors (Lipinski definition) is 3. The van der Waals surface area contributed by atoms with Crippen molar-refractivity contribution < 1.29 is 24.2 Å². The van der Waals surface area contributed by atoms with Crippen molar-refractivity contribution in [2.45, 2.75) is 31.7 Å². The summed E-state index contributed by atoms with van der Waals surface area (Å²) in [5.41, 5.74) is 0.785. The van der Waals surface area contributed by atoms with Crippen LogP contribution in [0.5, 0.6) is 0 Å². The highest BCUT2D eigenvalue weighted by Crippen LogP contribution is 2.25. The number of carboxylic acid groups (broad SMARTS) is 1. The van der Waals surface area contributed by atoms with Crippen LogP contribution in [0.15, 0.2) is 22.7 Å². The van der Waals surface area contributed by atoms with Crippen molar-refractivity contribution in [3.63, 3.8) is 0 Å². The zero-order valence-corrected chi connectivity index (χ0v) is 14.8. The molecule has 1 fully saturated rings. The molecule has 3 N–H and O–H groups in total. The predicted molar refractivity (Wildman–Crippen MR) is 91.0 cm³/mol. The van der Waals surface area contributed by atoms with Crippen molar-refractivity contribution in [3.8, 4) is 0 Å². The standard InChI is InChI=1S/C16H19BrN2O5/c1-24-15(22)12-8-11(6-7-13(12)17)19-16(23)18-10-4-2-9(3-5-10)14(20)21/h6-10H,2-5H2,1H3,(H,20,21)(H2,18,19,23). The van der Waals surface area contributed by atoms with E-state index < -0.39 is 11.9 Å². The number of carboxylic acids is 1. The molecule has 1 aliphatic carbocycles. The monoisotopic (exact) mass is 398 g/mol. The van der Waals surface area contributed by atoms with Gasteiger partial charge in [-0.15, -0.1) is 0 Å². The maximum atomic E-state index is 12.1. The second-order valence-electron chi connectivity index (χ2n) is 5.67. The van der Waals surface area contributed by atoms with Gasteiger partial charge in [0.25, 0.3) is 0 Å². The second-order valence-corrected chi connectivity index (χ2v) is 6.53. The van der Waals surface area contributed by atoms with Crippen LogP contribution in [0.2, 0.25) is 0 Å². The lowest BCUT2D eigenvalue weighted by molar-refractivity contribution is -0.142. The number of urea groups is 1. The fourth-order valence-electron chi connectivity index (χ4n) is 2.71. The number of methoxy groups -OCH3 is 1. The average Bonchev–Trinajstić information content (AvgIpc) is 2.56. The van der Waals surface area contributed by atoms with Crippen molar-refractivity contribution in [3.05, 3.63) is 28.2 Å². The Morgan fingerprint density at radius 2 is 1.88 bits per heavy atom. The highest BCUT2D eigenvalue weighted by atomic mass is 79.9. The quantitative estimate of drug-likeness (QED) is 0.676. The van der Waals surface area contributed by atoms with E-state index in [9.17, 15) is 14.4 Å². The molecule has 1 saturated carbocycles. The van der Waals surface area contributed by atoms with E-state index in [2.05, 4.69) is 31.3 Å². The van der Waals surface area contributed by atoms with E-state index in [1.54, 1.807) is 12.1 Å². The summed E-state index contributed by atoms with van der Waals surface area (Å²) >= 11 is 3.26. The van der Waals surface area contributed by atoms with Gasteiger partial charge in [0.2, 0.25) is 0 Å². The Balaban J connectivity index is 1.91. The molecule has 0 aromatic heterocycles. The molecule has 0 saturated heterocycles. The van der Waals surface area contributed by atoms with E-state index in [-0.39, 0.29) is 18.0 Å². The van der Waals surface area contributed by atoms with Crippen molar-refractivity contribution in [2.75, 3.05) is 12.4 Å². The van der Waals surface area contributed by atoms with Gasteiger partial charge in [-0.3, -0.25) is 4.79 Å². The molecule has 8 heteroatoms. The fourth-order valence-corrected chi connectivity index (χ4v) is 3.12. The number of carbonyl (C=O) groups excluding carboxylic acids is 2. The van der Waals surface area contributed by atoms with Crippen molar-refractivity contribution in [1.29, 1.82) is 0 Å². The molecule has 130 valence electrons. The summed E-state index contributed by atoms with van der Waals surface area (Å²) < 4.78 is 5.26. The molecule has 24 heavy (non-hydrogen) atoms. The Labute approximate surface area is 147 Å². The number of anilines is 1. The molecule has 0 radical (unpaired) electrons. The third-order valence-corrected chi connectivity index (χ3v) is 4.73. The molecule has 2 amide bonds. The number of hydrogen-bond acceptors (Lipinski definition) is 4. The number of carbonyl (C=O) groups is 3. The highest BCUT2D eigenvalue weighted by molar-refractivity contribution is 9.10. The molecule has 0 heterocycles. The molecule has 2 rings (SSSR count).